The van der Waals surface area contributed by atoms with Gasteiger partial charge in [0.1, 0.15) is 5.70 Å². The lowest BCUT2D eigenvalue weighted by Gasteiger charge is -2.23. The maximum atomic E-state index is 13.4. The number of benzene rings is 2. The van der Waals surface area contributed by atoms with E-state index in [9.17, 15) is 19.2 Å². The van der Waals surface area contributed by atoms with Crippen LogP contribution in [-0.4, -0.2) is 30.6 Å². The van der Waals surface area contributed by atoms with Crippen LogP contribution in [0, 0.1) is 5.41 Å². The van der Waals surface area contributed by atoms with Crippen molar-refractivity contribution in [1.82, 2.24) is 0 Å². The predicted molar refractivity (Wildman–Crippen MR) is 101 cm³/mol. The molecule has 0 radical (unpaired) electrons. The van der Waals surface area contributed by atoms with Crippen molar-refractivity contribution in [1.29, 1.82) is 0 Å². The number of Topliss-reactive ketones (excluding diaryl/α,β-unsaturated/α-hetero) is 2. The molecule has 1 heterocycles. The molecule has 0 saturated heterocycles. The zero-order valence-corrected chi connectivity index (χ0v) is 15.2. The Balaban J connectivity index is 2.03. The minimum atomic E-state index is -1.92. The van der Waals surface area contributed by atoms with Crippen molar-refractivity contribution in [3.63, 3.8) is 0 Å². The van der Waals surface area contributed by atoms with E-state index in [1.807, 2.05) is 0 Å². The highest BCUT2D eigenvalue weighted by Gasteiger charge is 2.61. The maximum Gasteiger partial charge on any atom is 0.325 e. The van der Waals surface area contributed by atoms with Crippen LogP contribution in [0.15, 0.2) is 59.8 Å². The van der Waals surface area contributed by atoms with Gasteiger partial charge < -0.3 is 10.5 Å². The Morgan fingerprint density at radius 1 is 0.964 bits per heavy atom. The van der Waals surface area contributed by atoms with E-state index in [1.54, 1.807) is 36.4 Å². The van der Waals surface area contributed by atoms with E-state index in [-0.39, 0.29) is 22.4 Å². The third kappa shape index (κ3) is 2.10. The average molecular weight is 376 g/mol. The zero-order valence-electron chi connectivity index (χ0n) is 15.2. The summed E-state index contributed by atoms with van der Waals surface area (Å²) < 4.78 is 4.83. The van der Waals surface area contributed by atoms with Gasteiger partial charge >= 0.3 is 5.97 Å². The Kier molecular flexibility index (Phi) is 3.71. The Morgan fingerprint density at radius 2 is 1.54 bits per heavy atom. The molecule has 0 saturated carbocycles. The predicted octanol–water partition coefficient (Wildman–Crippen LogP) is 2.13. The van der Waals surface area contributed by atoms with Gasteiger partial charge in [0, 0.05) is 22.5 Å². The summed E-state index contributed by atoms with van der Waals surface area (Å²) >= 11 is 0. The number of rotatable bonds is 2. The van der Waals surface area contributed by atoms with E-state index >= 15 is 0 Å². The second kappa shape index (κ2) is 5.88. The Bertz CT molecular complexity index is 1100. The van der Waals surface area contributed by atoms with Crippen LogP contribution in [0.25, 0.3) is 0 Å². The number of methoxy groups -OCH3 is 1. The highest BCUT2D eigenvalue weighted by Crippen LogP contribution is 2.48. The largest absolute Gasteiger partial charge is 0.468 e. The summed E-state index contributed by atoms with van der Waals surface area (Å²) in [6.07, 6.45) is 0. The fourth-order valence-corrected chi connectivity index (χ4v) is 3.73. The molecule has 1 atom stereocenters. The normalized spacial score (nSPS) is 20.9. The SMILES string of the molecule is COC(=O)C1(C)C(=O)N(c2ccc(N)cc2)C2=C1C(=O)c1ccccc1C2=O. The molecule has 7 heteroatoms. The highest BCUT2D eigenvalue weighted by molar-refractivity contribution is 6.38. The smallest absolute Gasteiger partial charge is 0.325 e. The quantitative estimate of drug-likeness (QED) is 0.489. The summed E-state index contributed by atoms with van der Waals surface area (Å²) in [5.41, 5.74) is 4.66. The van der Waals surface area contributed by atoms with Gasteiger partial charge in [0.25, 0.3) is 5.91 Å². The van der Waals surface area contributed by atoms with Crippen molar-refractivity contribution in [3.05, 3.63) is 70.9 Å². The molecule has 2 aromatic carbocycles. The molecular formula is C21H16N2O5. The summed E-state index contributed by atoms with van der Waals surface area (Å²) in [5, 5.41) is 0. The fourth-order valence-electron chi connectivity index (χ4n) is 3.73. The lowest BCUT2D eigenvalue weighted by atomic mass is 9.75. The number of fused-ring (bicyclic) bond motifs is 1. The van der Waals surface area contributed by atoms with Crippen LogP contribution in [0.4, 0.5) is 11.4 Å². The van der Waals surface area contributed by atoms with Crippen molar-refractivity contribution in [2.24, 2.45) is 5.41 Å². The standard InChI is InChI=1S/C21H16N2O5/c1-21(20(27)28-2)15-16(18(25)14-6-4-3-5-13(14)17(15)24)23(19(21)26)12-9-7-11(22)8-10-12/h3-10H,22H2,1-2H3. The molecule has 28 heavy (non-hydrogen) atoms. The highest BCUT2D eigenvalue weighted by atomic mass is 16.5. The third-order valence-corrected chi connectivity index (χ3v) is 5.19. The minimum absolute atomic E-state index is 0.119. The number of carbonyl (C=O) groups excluding carboxylic acids is 4. The molecule has 2 aromatic rings. The molecule has 2 N–H and O–H groups in total. The molecule has 1 aliphatic carbocycles. The van der Waals surface area contributed by atoms with Gasteiger partial charge in [0.05, 0.1) is 12.7 Å². The molecule has 1 unspecified atom stereocenters. The Morgan fingerprint density at radius 3 is 2.11 bits per heavy atom. The first-order valence-electron chi connectivity index (χ1n) is 8.54. The van der Waals surface area contributed by atoms with E-state index in [4.69, 9.17) is 10.5 Å². The summed E-state index contributed by atoms with van der Waals surface area (Å²) in [4.78, 5) is 53.6. The number of nitrogen functional groups attached to an aromatic ring is 1. The number of amides is 1. The summed E-state index contributed by atoms with van der Waals surface area (Å²) in [6, 6.07) is 12.5. The van der Waals surface area contributed by atoms with Gasteiger partial charge in [-0.3, -0.25) is 24.1 Å². The number of nitrogens with zero attached hydrogens (tertiary/aromatic N) is 1. The van der Waals surface area contributed by atoms with Crippen LogP contribution in [-0.2, 0) is 14.3 Å². The molecule has 1 amide bonds. The fraction of sp³-hybridized carbons (Fsp3) is 0.143. The molecule has 7 nitrogen and oxygen atoms in total. The van der Waals surface area contributed by atoms with Crippen molar-refractivity contribution in [2.75, 3.05) is 17.7 Å². The molecule has 4 rings (SSSR count). The van der Waals surface area contributed by atoms with Gasteiger partial charge in [-0.05, 0) is 31.2 Å². The van der Waals surface area contributed by atoms with Crippen molar-refractivity contribution in [3.8, 4) is 0 Å². The number of allylic oxidation sites excluding steroid dienone is 1. The maximum absolute atomic E-state index is 13.4. The number of esters is 1. The van der Waals surface area contributed by atoms with Crippen molar-refractivity contribution in [2.45, 2.75) is 6.92 Å². The van der Waals surface area contributed by atoms with Crippen LogP contribution in [0.5, 0.6) is 0 Å². The average Bonchev–Trinajstić information content (AvgIpc) is 2.95. The molecule has 0 aromatic heterocycles. The van der Waals surface area contributed by atoms with Crippen molar-refractivity contribution >= 4 is 34.8 Å². The summed E-state index contributed by atoms with van der Waals surface area (Å²) in [5.74, 6) is -2.65. The number of hydrogen-bond donors (Lipinski definition) is 1. The van der Waals surface area contributed by atoms with Crippen LogP contribution >= 0.6 is 0 Å². The number of ether oxygens (including phenoxy) is 1. The number of hydrogen-bond acceptors (Lipinski definition) is 6. The first-order chi connectivity index (χ1) is 13.3. The van der Waals surface area contributed by atoms with Crippen LogP contribution in [0.3, 0.4) is 0 Å². The molecule has 2 aliphatic rings. The van der Waals surface area contributed by atoms with E-state index in [0.29, 0.717) is 11.4 Å². The molecule has 0 bridgehead atoms. The number of carbonyl (C=O) groups is 4. The molecule has 0 fully saturated rings. The van der Waals surface area contributed by atoms with Gasteiger partial charge in [-0.1, -0.05) is 24.3 Å². The van der Waals surface area contributed by atoms with E-state index in [0.717, 1.165) is 12.0 Å². The van der Waals surface area contributed by atoms with Crippen molar-refractivity contribution < 1.29 is 23.9 Å². The van der Waals surface area contributed by atoms with Gasteiger partial charge in [0.2, 0.25) is 5.78 Å². The number of ketones is 2. The minimum Gasteiger partial charge on any atom is -0.468 e. The van der Waals surface area contributed by atoms with Crippen LogP contribution in [0.2, 0.25) is 0 Å². The van der Waals surface area contributed by atoms with E-state index in [2.05, 4.69) is 0 Å². The Hall–Kier alpha value is -3.74. The van der Waals surface area contributed by atoms with Gasteiger partial charge in [0.15, 0.2) is 11.2 Å². The lowest BCUT2D eigenvalue weighted by molar-refractivity contribution is -0.153. The van der Waals surface area contributed by atoms with Gasteiger partial charge in [-0.25, -0.2) is 0 Å². The topological polar surface area (TPSA) is 107 Å². The van der Waals surface area contributed by atoms with E-state index < -0.39 is 28.9 Å². The number of nitrogens with two attached hydrogens (primary N) is 1. The van der Waals surface area contributed by atoms with Gasteiger partial charge in [-0.15, -0.1) is 0 Å². The van der Waals surface area contributed by atoms with Crippen LogP contribution in [0.1, 0.15) is 27.6 Å². The third-order valence-electron chi connectivity index (χ3n) is 5.19. The Labute approximate surface area is 160 Å². The van der Waals surface area contributed by atoms with Gasteiger partial charge in [-0.2, -0.15) is 0 Å². The number of anilines is 2. The monoisotopic (exact) mass is 376 g/mol. The molecular weight excluding hydrogens is 360 g/mol. The first-order valence-corrected chi connectivity index (χ1v) is 8.54. The zero-order chi connectivity index (χ0) is 20.2. The molecule has 1 aliphatic heterocycles. The van der Waals surface area contributed by atoms with Crippen LogP contribution < -0.4 is 10.6 Å². The second-order valence-corrected chi connectivity index (χ2v) is 6.78. The molecule has 0 spiro atoms. The summed E-state index contributed by atoms with van der Waals surface area (Å²) in [7, 11) is 1.13. The summed E-state index contributed by atoms with van der Waals surface area (Å²) in [6.45, 7) is 1.31. The molecule has 140 valence electrons. The first kappa shape index (κ1) is 17.7. The van der Waals surface area contributed by atoms with E-state index in [1.165, 1.54) is 19.1 Å². The second-order valence-electron chi connectivity index (χ2n) is 6.78. The lowest BCUT2D eigenvalue weighted by Crippen LogP contribution is -2.42.